The molecule has 0 radical (unpaired) electrons. The highest BCUT2D eigenvalue weighted by Gasteiger charge is 2.41. The van der Waals surface area contributed by atoms with E-state index in [0.717, 1.165) is 27.9 Å². The molecule has 6 heteroatoms. The largest absolute Gasteiger partial charge is 0.393 e. The first kappa shape index (κ1) is 19.7. The first-order valence-corrected chi connectivity index (χ1v) is 10.6. The van der Waals surface area contributed by atoms with Gasteiger partial charge in [-0.2, -0.15) is 0 Å². The van der Waals surface area contributed by atoms with Crippen molar-refractivity contribution in [2.24, 2.45) is 12.8 Å². The van der Waals surface area contributed by atoms with E-state index in [2.05, 4.69) is 4.98 Å². The van der Waals surface area contributed by atoms with Gasteiger partial charge in [-0.3, -0.25) is 9.36 Å². The number of aromatic nitrogens is 3. The Bertz CT molecular complexity index is 1310. The molecule has 6 nitrogen and oxygen atoms in total. The number of hydrogen-bond donors (Lipinski definition) is 2. The molecule has 0 aliphatic heterocycles. The Morgan fingerprint density at radius 2 is 1.77 bits per heavy atom. The molecule has 1 fully saturated rings. The van der Waals surface area contributed by atoms with Crippen molar-refractivity contribution < 1.29 is 5.11 Å². The van der Waals surface area contributed by atoms with Crippen molar-refractivity contribution in [2.75, 3.05) is 0 Å². The molecule has 0 bridgehead atoms. The van der Waals surface area contributed by atoms with Gasteiger partial charge in [0, 0.05) is 24.7 Å². The number of hydrogen-bond acceptors (Lipinski definition) is 4. The summed E-state index contributed by atoms with van der Waals surface area (Å²) in [6.45, 7) is 2.51. The minimum absolute atomic E-state index is 0.0332. The lowest BCUT2D eigenvalue weighted by Crippen LogP contribution is -2.51. The number of nitrogens with two attached hydrogens (primary N) is 1. The van der Waals surface area contributed by atoms with Crippen LogP contribution in [0.25, 0.3) is 33.4 Å². The SMILES string of the molecule is CCn1cnc2c(c(-c3ccccc3)c(-c3ccc(C4(N)CC(O)C4)cc3)n2C)c1=O. The molecule has 3 N–H and O–H groups in total. The molecule has 4 aromatic rings. The van der Waals surface area contributed by atoms with E-state index in [9.17, 15) is 9.90 Å². The molecule has 0 saturated heterocycles. The summed E-state index contributed by atoms with van der Waals surface area (Å²) in [7, 11) is 1.95. The topological polar surface area (TPSA) is 86.1 Å². The van der Waals surface area contributed by atoms with Gasteiger partial charge in [0.1, 0.15) is 5.65 Å². The maximum Gasteiger partial charge on any atom is 0.263 e. The second-order valence-electron chi connectivity index (χ2n) is 8.48. The van der Waals surface area contributed by atoms with Gasteiger partial charge in [0.05, 0.1) is 23.5 Å². The van der Waals surface area contributed by atoms with Gasteiger partial charge in [-0.15, -0.1) is 0 Å². The van der Waals surface area contributed by atoms with E-state index >= 15 is 0 Å². The molecule has 2 aromatic heterocycles. The highest BCUT2D eigenvalue weighted by molar-refractivity contribution is 6.02. The van der Waals surface area contributed by atoms with E-state index in [1.807, 2.05) is 73.1 Å². The lowest BCUT2D eigenvalue weighted by Gasteiger charge is -2.42. The van der Waals surface area contributed by atoms with Gasteiger partial charge in [-0.1, -0.05) is 54.6 Å². The zero-order chi connectivity index (χ0) is 21.8. The van der Waals surface area contributed by atoms with Gasteiger partial charge in [0.25, 0.3) is 5.56 Å². The molecule has 2 heterocycles. The smallest absolute Gasteiger partial charge is 0.263 e. The second-order valence-corrected chi connectivity index (χ2v) is 8.48. The zero-order valence-corrected chi connectivity index (χ0v) is 17.7. The van der Waals surface area contributed by atoms with E-state index in [1.165, 1.54) is 0 Å². The van der Waals surface area contributed by atoms with Crippen LogP contribution in [0.15, 0.2) is 65.7 Å². The van der Waals surface area contributed by atoms with Gasteiger partial charge in [0.2, 0.25) is 0 Å². The average molecular weight is 415 g/mol. The van der Waals surface area contributed by atoms with E-state index in [1.54, 1.807) is 10.9 Å². The lowest BCUT2D eigenvalue weighted by molar-refractivity contribution is 0.0209. The van der Waals surface area contributed by atoms with Crippen LogP contribution in [-0.4, -0.2) is 25.3 Å². The van der Waals surface area contributed by atoms with Crippen molar-refractivity contribution in [1.82, 2.24) is 14.1 Å². The van der Waals surface area contributed by atoms with E-state index < -0.39 is 5.54 Å². The van der Waals surface area contributed by atoms with Gasteiger partial charge < -0.3 is 15.4 Å². The zero-order valence-electron chi connectivity index (χ0n) is 17.7. The molecule has 5 rings (SSSR count). The van der Waals surface area contributed by atoms with Gasteiger partial charge in [-0.25, -0.2) is 4.98 Å². The van der Waals surface area contributed by atoms with Crippen molar-refractivity contribution in [3.05, 3.63) is 76.8 Å². The third-order valence-corrected chi connectivity index (χ3v) is 6.49. The van der Waals surface area contributed by atoms with Gasteiger partial charge in [0.15, 0.2) is 0 Å². The highest BCUT2D eigenvalue weighted by Crippen LogP contribution is 2.41. The maximum absolute atomic E-state index is 13.3. The first-order chi connectivity index (χ1) is 14.9. The summed E-state index contributed by atoms with van der Waals surface area (Å²) in [5.74, 6) is 0. The fourth-order valence-electron chi connectivity index (χ4n) is 4.77. The van der Waals surface area contributed by atoms with E-state index in [-0.39, 0.29) is 11.7 Å². The highest BCUT2D eigenvalue weighted by atomic mass is 16.3. The van der Waals surface area contributed by atoms with Crippen molar-refractivity contribution in [3.8, 4) is 22.4 Å². The van der Waals surface area contributed by atoms with Gasteiger partial charge >= 0.3 is 0 Å². The van der Waals surface area contributed by atoms with Crippen LogP contribution in [0.3, 0.4) is 0 Å². The van der Waals surface area contributed by atoms with E-state index in [0.29, 0.717) is 30.4 Å². The van der Waals surface area contributed by atoms with Crippen LogP contribution < -0.4 is 11.3 Å². The number of nitrogens with zero attached hydrogens (tertiary/aromatic N) is 3. The molecule has 0 unspecified atom stereocenters. The van der Waals surface area contributed by atoms with Crippen LogP contribution in [0.2, 0.25) is 0 Å². The third-order valence-electron chi connectivity index (χ3n) is 6.49. The summed E-state index contributed by atoms with van der Waals surface area (Å²) < 4.78 is 3.64. The number of aliphatic hydroxyl groups is 1. The summed E-state index contributed by atoms with van der Waals surface area (Å²) in [6, 6.07) is 18.2. The molecule has 1 aliphatic carbocycles. The van der Waals surface area contributed by atoms with Crippen LogP contribution in [0.1, 0.15) is 25.3 Å². The number of aliphatic hydroxyl groups excluding tert-OH is 1. The molecule has 0 atom stereocenters. The molecular formula is C25H26N4O2. The molecule has 0 amide bonds. The number of fused-ring (bicyclic) bond motifs is 1. The molecule has 1 aliphatic rings. The van der Waals surface area contributed by atoms with Crippen molar-refractivity contribution in [3.63, 3.8) is 0 Å². The summed E-state index contributed by atoms with van der Waals surface area (Å²) in [4.78, 5) is 17.9. The Balaban J connectivity index is 1.75. The number of rotatable bonds is 4. The summed E-state index contributed by atoms with van der Waals surface area (Å²) in [5.41, 5.74) is 11.5. The quantitative estimate of drug-likeness (QED) is 0.536. The predicted octanol–water partition coefficient (Wildman–Crippen LogP) is 3.40. The Hall–Kier alpha value is -3.22. The minimum Gasteiger partial charge on any atom is -0.393 e. The van der Waals surface area contributed by atoms with Crippen LogP contribution in [0.5, 0.6) is 0 Å². The monoisotopic (exact) mass is 414 g/mol. The Labute approximate surface area is 180 Å². The molecule has 2 aromatic carbocycles. The Morgan fingerprint density at radius 1 is 1.10 bits per heavy atom. The Morgan fingerprint density at radius 3 is 2.39 bits per heavy atom. The van der Waals surface area contributed by atoms with Gasteiger partial charge in [-0.05, 0) is 36.5 Å². The Kier molecular flexibility index (Phi) is 4.57. The second kappa shape index (κ2) is 7.18. The van der Waals surface area contributed by atoms with Crippen molar-refractivity contribution >= 4 is 11.0 Å². The molecule has 0 spiro atoms. The van der Waals surface area contributed by atoms with Crippen molar-refractivity contribution in [1.29, 1.82) is 0 Å². The fraction of sp³-hybridized carbons (Fsp3) is 0.280. The maximum atomic E-state index is 13.3. The molecular weight excluding hydrogens is 388 g/mol. The standard InChI is InChI=1S/C25H26N4O2/c1-3-29-15-27-23-21(24(29)31)20(16-7-5-4-6-8-16)22(28(23)2)17-9-11-18(12-10-17)25(26)13-19(30)14-25/h4-12,15,19,30H,3,13-14,26H2,1-2H3. The summed E-state index contributed by atoms with van der Waals surface area (Å²) in [6.07, 6.45) is 2.46. The minimum atomic E-state index is -0.463. The van der Waals surface area contributed by atoms with Crippen molar-refractivity contribution in [2.45, 2.75) is 38.0 Å². The third kappa shape index (κ3) is 3.02. The van der Waals surface area contributed by atoms with E-state index in [4.69, 9.17) is 5.73 Å². The summed E-state index contributed by atoms with van der Waals surface area (Å²) >= 11 is 0. The first-order valence-electron chi connectivity index (χ1n) is 10.6. The number of aryl methyl sites for hydroxylation is 2. The van der Waals surface area contributed by atoms with Crippen LogP contribution in [0.4, 0.5) is 0 Å². The number of benzene rings is 2. The van der Waals surface area contributed by atoms with Crippen LogP contribution >= 0.6 is 0 Å². The molecule has 1 saturated carbocycles. The predicted molar refractivity (Wildman–Crippen MR) is 123 cm³/mol. The average Bonchev–Trinajstić information content (AvgIpc) is 3.07. The normalized spacial score (nSPS) is 20.7. The molecule has 31 heavy (non-hydrogen) atoms. The van der Waals surface area contributed by atoms with Crippen LogP contribution in [-0.2, 0) is 19.1 Å². The van der Waals surface area contributed by atoms with Crippen LogP contribution in [0, 0.1) is 0 Å². The fourth-order valence-corrected chi connectivity index (χ4v) is 4.77. The summed E-state index contributed by atoms with van der Waals surface area (Å²) in [5, 5.41) is 10.3. The molecule has 158 valence electrons. The lowest BCUT2D eigenvalue weighted by atomic mass is 9.70.